The van der Waals surface area contributed by atoms with E-state index in [4.69, 9.17) is 0 Å². The minimum Gasteiger partial charge on any atom is -0.310 e. The number of benzene rings is 1. The van der Waals surface area contributed by atoms with Gasteiger partial charge in [-0.05, 0) is 42.5 Å². The van der Waals surface area contributed by atoms with Gasteiger partial charge in [0.1, 0.15) is 5.82 Å². The quantitative estimate of drug-likeness (QED) is 0.805. The molecule has 2 heteroatoms. The van der Waals surface area contributed by atoms with Gasteiger partial charge in [0.05, 0.1) is 0 Å². The SMILES string of the molecule is CCC(NCCC(C)(C)C)c1ccc(F)cc1. The Bertz CT molecular complexity index is 324. The van der Waals surface area contributed by atoms with Gasteiger partial charge in [-0.15, -0.1) is 0 Å². The van der Waals surface area contributed by atoms with Crippen molar-refractivity contribution in [1.29, 1.82) is 0 Å². The molecule has 0 bridgehead atoms. The molecule has 17 heavy (non-hydrogen) atoms. The molecular weight excluding hydrogens is 213 g/mol. The first-order chi connectivity index (χ1) is 7.92. The third-order valence-electron chi connectivity index (χ3n) is 2.95. The molecule has 0 fully saturated rings. The average Bonchev–Trinajstić information content (AvgIpc) is 2.24. The van der Waals surface area contributed by atoms with Gasteiger partial charge in [-0.3, -0.25) is 0 Å². The summed E-state index contributed by atoms with van der Waals surface area (Å²) in [5.74, 6) is -0.168. The minimum atomic E-state index is -0.168. The van der Waals surface area contributed by atoms with E-state index < -0.39 is 0 Å². The Kier molecular flexibility index (Phi) is 5.13. The largest absolute Gasteiger partial charge is 0.310 e. The maximum Gasteiger partial charge on any atom is 0.123 e. The van der Waals surface area contributed by atoms with Crippen molar-refractivity contribution >= 4 is 0 Å². The van der Waals surface area contributed by atoms with Crippen LogP contribution < -0.4 is 5.32 Å². The lowest BCUT2D eigenvalue weighted by Crippen LogP contribution is -2.25. The lowest BCUT2D eigenvalue weighted by atomic mass is 9.92. The summed E-state index contributed by atoms with van der Waals surface area (Å²) in [6, 6.07) is 7.13. The molecule has 0 saturated carbocycles. The van der Waals surface area contributed by atoms with Crippen molar-refractivity contribution in [2.75, 3.05) is 6.54 Å². The predicted molar refractivity (Wildman–Crippen MR) is 71.5 cm³/mol. The van der Waals surface area contributed by atoms with E-state index in [0.717, 1.165) is 19.4 Å². The lowest BCUT2D eigenvalue weighted by molar-refractivity contribution is 0.352. The number of halogens is 1. The van der Waals surface area contributed by atoms with Crippen LogP contribution in [0.3, 0.4) is 0 Å². The molecule has 1 rings (SSSR count). The standard InChI is InChI=1S/C15H24FN/c1-5-14(17-11-10-15(2,3)4)12-6-8-13(16)9-7-12/h6-9,14,17H,5,10-11H2,1-4H3. The van der Waals surface area contributed by atoms with Gasteiger partial charge in [-0.1, -0.05) is 39.8 Å². The highest BCUT2D eigenvalue weighted by atomic mass is 19.1. The number of nitrogens with one attached hydrogen (secondary N) is 1. The molecule has 96 valence electrons. The Hall–Kier alpha value is -0.890. The van der Waals surface area contributed by atoms with Crippen LogP contribution >= 0.6 is 0 Å². The van der Waals surface area contributed by atoms with Crippen molar-refractivity contribution in [3.8, 4) is 0 Å². The van der Waals surface area contributed by atoms with Crippen LogP contribution in [-0.2, 0) is 0 Å². The third-order valence-corrected chi connectivity index (χ3v) is 2.95. The first-order valence-corrected chi connectivity index (χ1v) is 6.41. The topological polar surface area (TPSA) is 12.0 Å². The fourth-order valence-electron chi connectivity index (χ4n) is 1.81. The van der Waals surface area contributed by atoms with Gasteiger partial charge >= 0.3 is 0 Å². The maximum absolute atomic E-state index is 12.8. The molecule has 0 spiro atoms. The highest BCUT2D eigenvalue weighted by Crippen LogP contribution is 2.20. The van der Waals surface area contributed by atoms with Gasteiger partial charge in [0.2, 0.25) is 0 Å². The number of hydrogen-bond donors (Lipinski definition) is 1. The van der Waals surface area contributed by atoms with Crippen molar-refractivity contribution in [1.82, 2.24) is 5.32 Å². The van der Waals surface area contributed by atoms with Gasteiger partial charge in [0, 0.05) is 6.04 Å². The average molecular weight is 237 g/mol. The van der Waals surface area contributed by atoms with Crippen LogP contribution in [0, 0.1) is 11.2 Å². The zero-order valence-corrected chi connectivity index (χ0v) is 11.4. The summed E-state index contributed by atoms with van der Waals surface area (Å²) in [6.45, 7) is 9.88. The zero-order valence-electron chi connectivity index (χ0n) is 11.4. The van der Waals surface area contributed by atoms with E-state index >= 15 is 0 Å². The van der Waals surface area contributed by atoms with E-state index in [-0.39, 0.29) is 5.82 Å². The van der Waals surface area contributed by atoms with Gasteiger partial charge in [-0.2, -0.15) is 0 Å². The normalized spacial score (nSPS) is 13.7. The van der Waals surface area contributed by atoms with E-state index in [0.29, 0.717) is 11.5 Å². The van der Waals surface area contributed by atoms with Gasteiger partial charge in [0.15, 0.2) is 0 Å². The maximum atomic E-state index is 12.8. The van der Waals surface area contributed by atoms with Crippen LogP contribution in [0.2, 0.25) is 0 Å². The summed E-state index contributed by atoms with van der Waals surface area (Å²) >= 11 is 0. The van der Waals surface area contributed by atoms with Crippen molar-refractivity contribution in [3.63, 3.8) is 0 Å². The molecule has 0 aliphatic carbocycles. The summed E-state index contributed by atoms with van der Waals surface area (Å²) < 4.78 is 12.8. The Morgan fingerprint density at radius 2 is 1.76 bits per heavy atom. The van der Waals surface area contributed by atoms with E-state index in [1.54, 1.807) is 0 Å². The fraction of sp³-hybridized carbons (Fsp3) is 0.600. The van der Waals surface area contributed by atoms with Crippen LogP contribution in [0.15, 0.2) is 24.3 Å². The molecule has 0 aliphatic rings. The van der Waals surface area contributed by atoms with E-state index in [1.165, 1.54) is 17.7 Å². The Balaban J connectivity index is 2.51. The smallest absolute Gasteiger partial charge is 0.123 e. The van der Waals surface area contributed by atoms with Crippen LogP contribution in [0.25, 0.3) is 0 Å². The zero-order chi connectivity index (χ0) is 12.9. The second-order valence-corrected chi connectivity index (χ2v) is 5.78. The summed E-state index contributed by atoms with van der Waals surface area (Å²) in [5, 5.41) is 3.54. The number of hydrogen-bond acceptors (Lipinski definition) is 1. The second kappa shape index (κ2) is 6.15. The summed E-state index contributed by atoms with van der Waals surface area (Å²) in [5.41, 5.74) is 1.52. The molecule has 1 atom stereocenters. The molecule has 0 aliphatic heterocycles. The first-order valence-electron chi connectivity index (χ1n) is 6.41. The summed E-state index contributed by atoms with van der Waals surface area (Å²) in [6.07, 6.45) is 2.17. The van der Waals surface area contributed by atoms with Gasteiger partial charge in [0.25, 0.3) is 0 Å². The molecule has 1 unspecified atom stereocenters. The molecular formula is C15H24FN. The van der Waals surface area contributed by atoms with E-state index in [1.807, 2.05) is 12.1 Å². The summed E-state index contributed by atoms with van der Waals surface area (Å²) in [4.78, 5) is 0. The Morgan fingerprint density at radius 3 is 2.24 bits per heavy atom. The Morgan fingerprint density at radius 1 is 1.18 bits per heavy atom. The third kappa shape index (κ3) is 5.31. The van der Waals surface area contributed by atoms with Gasteiger partial charge < -0.3 is 5.32 Å². The van der Waals surface area contributed by atoms with Crippen molar-refractivity contribution < 1.29 is 4.39 Å². The minimum absolute atomic E-state index is 0.168. The molecule has 1 N–H and O–H groups in total. The van der Waals surface area contributed by atoms with E-state index in [9.17, 15) is 4.39 Å². The molecule has 1 aromatic carbocycles. The molecule has 0 heterocycles. The van der Waals surface area contributed by atoms with Crippen LogP contribution in [0.4, 0.5) is 4.39 Å². The number of rotatable bonds is 5. The molecule has 0 saturated heterocycles. The highest BCUT2D eigenvalue weighted by Gasteiger charge is 2.12. The monoisotopic (exact) mass is 237 g/mol. The molecule has 1 nitrogen and oxygen atoms in total. The van der Waals surface area contributed by atoms with Crippen molar-refractivity contribution in [2.24, 2.45) is 5.41 Å². The van der Waals surface area contributed by atoms with E-state index in [2.05, 4.69) is 33.0 Å². The van der Waals surface area contributed by atoms with Crippen molar-refractivity contribution in [3.05, 3.63) is 35.6 Å². The molecule has 1 aromatic rings. The molecule has 0 aromatic heterocycles. The lowest BCUT2D eigenvalue weighted by Gasteiger charge is -2.22. The second-order valence-electron chi connectivity index (χ2n) is 5.78. The van der Waals surface area contributed by atoms with Crippen LogP contribution in [-0.4, -0.2) is 6.54 Å². The van der Waals surface area contributed by atoms with Crippen LogP contribution in [0.1, 0.15) is 52.1 Å². The van der Waals surface area contributed by atoms with Gasteiger partial charge in [-0.25, -0.2) is 4.39 Å². The fourth-order valence-corrected chi connectivity index (χ4v) is 1.81. The van der Waals surface area contributed by atoms with Crippen molar-refractivity contribution in [2.45, 2.75) is 46.6 Å². The summed E-state index contributed by atoms with van der Waals surface area (Å²) in [7, 11) is 0. The molecule has 0 radical (unpaired) electrons. The Labute approximate surface area is 104 Å². The van der Waals surface area contributed by atoms with Crippen LogP contribution in [0.5, 0.6) is 0 Å². The first kappa shape index (κ1) is 14.2. The highest BCUT2D eigenvalue weighted by molar-refractivity contribution is 5.19. The predicted octanol–water partition coefficient (Wildman–Crippen LogP) is 4.30. The molecule has 0 amide bonds.